The van der Waals surface area contributed by atoms with Crippen LogP contribution in [-0.4, -0.2) is 17.5 Å². The summed E-state index contributed by atoms with van der Waals surface area (Å²) in [6.45, 7) is 1.80. The van der Waals surface area contributed by atoms with Gasteiger partial charge in [-0.3, -0.25) is 9.59 Å². The molecule has 0 radical (unpaired) electrons. The van der Waals surface area contributed by atoms with Crippen molar-refractivity contribution in [3.63, 3.8) is 0 Å². The van der Waals surface area contributed by atoms with Crippen molar-refractivity contribution in [2.24, 2.45) is 5.10 Å². The van der Waals surface area contributed by atoms with Crippen LogP contribution in [0.25, 0.3) is 0 Å². The van der Waals surface area contributed by atoms with E-state index in [0.717, 1.165) is 15.6 Å². The number of anilines is 1. The predicted octanol–water partition coefficient (Wildman–Crippen LogP) is 5.44. The normalized spacial score (nSPS) is 11.1. The molecule has 0 fully saturated rings. The molecular formula is C23H19BrClN3O2. The third kappa shape index (κ3) is 6.02. The number of nitrogens with zero attached hydrogens (tertiary/aromatic N) is 1. The van der Waals surface area contributed by atoms with Gasteiger partial charge < -0.3 is 5.32 Å². The number of amides is 2. The van der Waals surface area contributed by atoms with Gasteiger partial charge in [-0.2, -0.15) is 5.10 Å². The Bertz CT molecular complexity index is 1080. The third-order valence-corrected chi connectivity index (χ3v) is 5.16. The monoisotopic (exact) mass is 483 g/mol. The van der Waals surface area contributed by atoms with E-state index in [1.54, 1.807) is 43.3 Å². The van der Waals surface area contributed by atoms with Crippen LogP contribution in [0.3, 0.4) is 0 Å². The highest BCUT2D eigenvalue weighted by Gasteiger charge is 2.10. The van der Waals surface area contributed by atoms with Crippen LogP contribution in [0.1, 0.15) is 28.4 Å². The Hall–Kier alpha value is -2.96. The topological polar surface area (TPSA) is 70.6 Å². The van der Waals surface area contributed by atoms with Crippen molar-refractivity contribution in [3.8, 4) is 0 Å². The van der Waals surface area contributed by atoms with Gasteiger partial charge in [-0.15, -0.1) is 0 Å². The molecule has 7 heteroatoms. The molecule has 2 amide bonds. The zero-order valence-electron chi connectivity index (χ0n) is 16.2. The summed E-state index contributed by atoms with van der Waals surface area (Å²) in [6.07, 6.45) is 0.247. The number of halogens is 2. The van der Waals surface area contributed by atoms with Gasteiger partial charge in [-0.1, -0.05) is 63.9 Å². The highest BCUT2D eigenvalue weighted by Crippen LogP contribution is 2.18. The van der Waals surface area contributed by atoms with Crippen LogP contribution in [0, 0.1) is 0 Å². The first-order valence-corrected chi connectivity index (χ1v) is 10.3. The fraction of sp³-hybridized carbons (Fsp3) is 0.0870. The molecule has 0 saturated heterocycles. The molecule has 0 aliphatic carbocycles. The van der Waals surface area contributed by atoms with E-state index in [1.807, 2.05) is 36.4 Å². The summed E-state index contributed by atoms with van der Waals surface area (Å²) in [4.78, 5) is 24.4. The number of nitrogens with one attached hydrogen (secondary N) is 2. The Kier molecular flexibility index (Phi) is 7.38. The summed E-state index contributed by atoms with van der Waals surface area (Å²) in [5.74, 6) is -0.473. The average Bonchev–Trinajstić information content (AvgIpc) is 2.74. The molecule has 3 aromatic carbocycles. The molecule has 3 rings (SSSR count). The van der Waals surface area contributed by atoms with Crippen LogP contribution in [0.4, 0.5) is 5.69 Å². The van der Waals surface area contributed by atoms with E-state index in [2.05, 4.69) is 31.8 Å². The van der Waals surface area contributed by atoms with Crippen LogP contribution in [-0.2, 0) is 11.2 Å². The molecule has 0 unspecified atom stereocenters. The van der Waals surface area contributed by atoms with Crippen molar-refractivity contribution in [1.82, 2.24) is 5.43 Å². The molecule has 5 nitrogen and oxygen atoms in total. The first-order chi connectivity index (χ1) is 14.4. The lowest BCUT2D eigenvalue weighted by Gasteiger charge is -2.08. The fourth-order valence-electron chi connectivity index (χ4n) is 2.68. The molecule has 0 bridgehead atoms. The Labute approximate surface area is 188 Å². The number of hydrogen-bond donors (Lipinski definition) is 2. The molecule has 152 valence electrons. The Morgan fingerprint density at radius 3 is 2.30 bits per heavy atom. The average molecular weight is 485 g/mol. The number of hydrogen-bond acceptors (Lipinski definition) is 3. The van der Waals surface area contributed by atoms with Gasteiger partial charge in [0.2, 0.25) is 5.91 Å². The van der Waals surface area contributed by atoms with E-state index in [4.69, 9.17) is 11.6 Å². The molecule has 0 aromatic heterocycles. The van der Waals surface area contributed by atoms with Gasteiger partial charge in [-0.05, 0) is 54.4 Å². The van der Waals surface area contributed by atoms with Gasteiger partial charge in [0.1, 0.15) is 0 Å². The number of carbonyl (C=O) groups is 2. The molecule has 0 aliphatic rings. The Balaban J connectivity index is 1.58. The van der Waals surface area contributed by atoms with Gasteiger partial charge in [0.05, 0.1) is 22.7 Å². The zero-order valence-corrected chi connectivity index (χ0v) is 18.5. The van der Waals surface area contributed by atoms with Crippen molar-refractivity contribution in [1.29, 1.82) is 0 Å². The molecular weight excluding hydrogens is 466 g/mol. The maximum atomic E-state index is 12.3. The van der Waals surface area contributed by atoms with Gasteiger partial charge >= 0.3 is 0 Å². The smallest absolute Gasteiger partial charge is 0.257 e. The molecule has 0 atom stereocenters. The quantitative estimate of drug-likeness (QED) is 0.361. The van der Waals surface area contributed by atoms with Crippen molar-refractivity contribution in [2.45, 2.75) is 13.3 Å². The van der Waals surface area contributed by atoms with Crippen molar-refractivity contribution in [3.05, 3.63) is 99.0 Å². The van der Waals surface area contributed by atoms with Crippen LogP contribution in [0.2, 0.25) is 5.02 Å². The van der Waals surface area contributed by atoms with E-state index in [-0.39, 0.29) is 18.2 Å². The number of hydrazone groups is 1. The van der Waals surface area contributed by atoms with E-state index in [1.165, 1.54) is 0 Å². The number of rotatable bonds is 6. The van der Waals surface area contributed by atoms with Gasteiger partial charge in [0.25, 0.3) is 5.91 Å². The minimum Gasteiger partial charge on any atom is -0.322 e. The minimum atomic E-state index is -0.279. The standard InChI is InChI=1S/C23H19BrClN3O2/c1-15(27-28-22(29)14-16-6-10-18(24)11-7-16)17-8-12-19(13-9-17)26-23(30)20-4-2-3-5-21(20)25/h2-13H,14H2,1H3,(H,26,30)(H,28,29)/b27-15-. The lowest BCUT2D eigenvalue weighted by molar-refractivity contribution is -0.120. The van der Waals surface area contributed by atoms with E-state index >= 15 is 0 Å². The maximum absolute atomic E-state index is 12.3. The molecule has 0 heterocycles. The lowest BCUT2D eigenvalue weighted by atomic mass is 10.1. The van der Waals surface area contributed by atoms with Crippen LogP contribution in [0.15, 0.2) is 82.4 Å². The van der Waals surface area contributed by atoms with Crippen molar-refractivity contribution in [2.75, 3.05) is 5.32 Å². The zero-order chi connectivity index (χ0) is 21.5. The minimum absolute atomic E-state index is 0.194. The molecule has 30 heavy (non-hydrogen) atoms. The van der Waals surface area contributed by atoms with E-state index < -0.39 is 0 Å². The summed E-state index contributed by atoms with van der Waals surface area (Å²) >= 11 is 9.43. The molecule has 0 aliphatic heterocycles. The first-order valence-electron chi connectivity index (χ1n) is 9.16. The van der Waals surface area contributed by atoms with Gasteiger partial charge in [0.15, 0.2) is 0 Å². The molecule has 0 saturated carbocycles. The van der Waals surface area contributed by atoms with Crippen molar-refractivity contribution < 1.29 is 9.59 Å². The van der Waals surface area contributed by atoms with E-state index in [0.29, 0.717) is 22.0 Å². The van der Waals surface area contributed by atoms with Gasteiger partial charge in [-0.25, -0.2) is 5.43 Å². The Morgan fingerprint density at radius 2 is 1.63 bits per heavy atom. The number of carbonyl (C=O) groups excluding carboxylic acids is 2. The highest BCUT2D eigenvalue weighted by molar-refractivity contribution is 9.10. The molecule has 0 spiro atoms. The first kappa shape index (κ1) is 21.7. The molecule has 3 aromatic rings. The predicted molar refractivity (Wildman–Crippen MR) is 124 cm³/mol. The summed E-state index contributed by atoms with van der Waals surface area (Å²) in [5.41, 5.74) is 6.01. The second-order valence-corrected chi connectivity index (χ2v) is 7.87. The third-order valence-electron chi connectivity index (χ3n) is 4.31. The lowest BCUT2D eigenvalue weighted by Crippen LogP contribution is -2.21. The largest absolute Gasteiger partial charge is 0.322 e. The summed E-state index contributed by atoms with van der Waals surface area (Å²) < 4.78 is 0.965. The van der Waals surface area contributed by atoms with Crippen molar-refractivity contribution >= 4 is 50.7 Å². The summed E-state index contributed by atoms with van der Waals surface area (Å²) in [5, 5.41) is 7.37. The Morgan fingerprint density at radius 1 is 0.967 bits per heavy atom. The highest BCUT2D eigenvalue weighted by atomic mass is 79.9. The summed E-state index contributed by atoms with van der Waals surface area (Å²) in [7, 11) is 0. The maximum Gasteiger partial charge on any atom is 0.257 e. The molecule has 2 N–H and O–H groups in total. The second kappa shape index (κ2) is 10.2. The van der Waals surface area contributed by atoms with E-state index in [9.17, 15) is 9.59 Å². The van der Waals surface area contributed by atoms with Crippen LogP contribution >= 0.6 is 27.5 Å². The number of benzene rings is 3. The van der Waals surface area contributed by atoms with Crippen LogP contribution < -0.4 is 10.7 Å². The summed E-state index contributed by atoms with van der Waals surface area (Å²) in [6, 6.07) is 21.6. The second-order valence-electron chi connectivity index (χ2n) is 6.55. The SMILES string of the molecule is C/C(=N/NC(=O)Cc1ccc(Br)cc1)c1ccc(NC(=O)c2ccccc2Cl)cc1. The fourth-order valence-corrected chi connectivity index (χ4v) is 3.16. The van der Waals surface area contributed by atoms with Gasteiger partial charge in [0, 0.05) is 10.2 Å². The van der Waals surface area contributed by atoms with Crippen LogP contribution in [0.5, 0.6) is 0 Å².